The largest absolute Gasteiger partial charge is 0.0776 e. The molecular formula is C47H102. The molecule has 0 amide bonds. The van der Waals surface area contributed by atoms with Gasteiger partial charge in [0, 0.05) is 0 Å². The van der Waals surface area contributed by atoms with Crippen molar-refractivity contribution in [3.63, 3.8) is 0 Å². The number of hydrogen-bond acceptors (Lipinski definition) is 0. The van der Waals surface area contributed by atoms with Gasteiger partial charge in [0.05, 0.1) is 0 Å². The molecule has 5 saturated carbocycles. The van der Waals surface area contributed by atoms with Gasteiger partial charge in [-0.2, -0.15) is 0 Å². The second kappa shape index (κ2) is 22.7. The quantitative estimate of drug-likeness (QED) is 0.242. The van der Waals surface area contributed by atoms with Crippen LogP contribution in [0.25, 0.3) is 0 Å². The van der Waals surface area contributed by atoms with E-state index in [2.05, 4.69) is 118 Å². The third-order valence-electron chi connectivity index (χ3n) is 13.6. The van der Waals surface area contributed by atoms with Gasteiger partial charge in [-0.05, 0) is 145 Å². The third-order valence-corrected chi connectivity index (χ3v) is 13.6. The Bertz CT molecular complexity index is 726. The van der Waals surface area contributed by atoms with Crippen molar-refractivity contribution >= 4 is 0 Å². The van der Waals surface area contributed by atoms with E-state index in [9.17, 15) is 0 Å². The van der Waals surface area contributed by atoms with Gasteiger partial charge in [0.15, 0.2) is 0 Å². The minimum atomic E-state index is 0. The average molecular weight is 667 g/mol. The molecule has 5 aliphatic carbocycles. The van der Waals surface area contributed by atoms with Gasteiger partial charge in [0.25, 0.3) is 0 Å². The van der Waals surface area contributed by atoms with Gasteiger partial charge in [-0.25, -0.2) is 0 Å². The first-order chi connectivity index (χ1) is 19.3. The molecule has 0 radical (unpaired) electrons. The van der Waals surface area contributed by atoms with E-state index in [4.69, 9.17) is 0 Å². The Morgan fingerprint density at radius 2 is 0.809 bits per heavy atom. The van der Waals surface area contributed by atoms with E-state index >= 15 is 0 Å². The van der Waals surface area contributed by atoms with Crippen LogP contribution in [0.5, 0.6) is 0 Å². The molecule has 0 bridgehead atoms. The van der Waals surface area contributed by atoms with Gasteiger partial charge in [-0.3, -0.25) is 0 Å². The first-order valence-electron chi connectivity index (χ1n) is 19.3. The van der Waals surface area contributed by atoms with Crippen molar-refractivity contribution in [3.05, 3.63) is 0 Å². The molecule has 290 valence electrons. The van der Waals surface area contributed by atoms with Crippen molar-refractivity contribution in [2.45, 2.75) is 200 Å². The predicted octanol–water partition coefficient (Wildman–Crippen LogP) is 16.7. The van der Waals surface area contributed by atoms with E-state index in [-0.39, 0.29) is 37.1 Å². The maximum absolute atomic E-state index is 2.43. The fourth-order valence-electron chi connectivity index (χ4n) is 10.1. The van der Waals surface area contributed by atoms with Gasteiger partial charge in [0.1, 0.15) is 0 Å². The smallest absolute Gasteiger partial charge is 0.0269 e. The highest BCUT2D eigenvalue weighted by Crippen LogP contribution is 2.62. The second-order valence-electron chi connectivity index (χ2n) is 19.1. The lowest BCUT2D eigenvalue weighted by Gasteiger charge is -2.29. The number of rotatable bonds is 8. The topological polar surface area (TPSA) is 0 Å². The van der Waals surface area contributed by atoms with Crippen LogP contribution >= 0.6 is 0 Å². The van der Waals surface area contributed by atoms with Gasteiger partial charge >= 0.3 is 0 Å². The molecule has 0 aromatic heterocycles. The van der Waals surface area contributed by atoms with E-state index in [1.165, 1.54) is 32.1 Å². The van der Waals surface area contributed by atoms with Crippen molar-refractivity contribution in [3.8, 4) is 0 Å². The standard InChI is InChI=1S/C12H22.C11H22.C10H20.C9H18.5CH4/c1-7(2)10-5-9-6-11(9)12(10)8(3)4;1-8(2)10-6-5-7-11(10)9(3)4;1-7(2)9-6-10(9,5)8(3)4;1-6(2)8-5-9(8)7(3)4;;;;;/h7-12H,5-6H2,1-4H3;8-11H,5-7H2,1-4H3;7-9H,6H2,1-5H3;6-9H,5H2,1-4H3;5*1H4. The van der Waals surface area contributed by atoms with Crippen LogP contribution in [-0.4, -0.2) is 0 Å². The van der Waals surface area contributed by atoms with Gasteiger partial charge in [-0.1, -0.05) is 161 Å². The Balaban J connectivity index is -0.000000255. The lowest BCUT2D eigenvalue weighted by atomic mass is 9.77. The molecule has 0 heteroatoms. The van der Waals surface area contributed by atoms with E-state index in [1.54, 1.807) is 12.8 Å². The molecule has 0 aliphatic heterocycles. The van der Waals surface area contributed by atoms with Gasteiger partial charge in [0.2, 0.25) is 0 Å². The molecule has 0 spiro atoms. The molecule has 0 saturated heterocycles. The van der Waals surface area contributed by atoms with Gasteiger partial charge < -0.3 is 0 Å². The highest BCUT2D eigenvalue weighted by Gasteiger charge is 2.54. The summed E-state index contributed by atoms with van der Waals surface area (Å²) >= 11 is 0. The molecule has 0 aromatic carbocycles. The van der Waals surface area contributed by atoms with Crippen molar-refractivity contribution in [2.24, 2.45) is 106 Å². The molecule has 5 aliphatic rings. The Morgan fingerprint density at radius 1 is 0.426 bits per heavy atom. The van der Waals surface area contributed by atoms with E-state index in [0.717, 1.165) is 101 Å². The summed E-state index contributed by atoms with van der Waals surface area (Å²) in [5.41, 5.74) is 0.689. The van der Waals surface area contributed by atoms with Crippen LogP contribution in [0.2, 0.25) is 0 Å². The normalized spacial score (nSPS) is 34.0. The predicted molar refractivity (Wildman–Crippen MR) is 224 cm³/mol. The minimum absolute atomic E-state index is 0. The van der Waals surface area contributed by atoms with E-state index < -0.39 is 0 Å². The Morgan fingerprint density at radius 3 is 1.02 bits per heavy atom. The fourth-order valence-corrected chi connectivity index (χ4v) is 10.1. The summed E-state index contributed by atoms with van der Waals surface area (Å²) in [7, 11) is 0. The van der Waals surface area contributed by atoms with Crippen LogP contribution in [0.3, 0.4) is 0 Å². The number of fused-ring (bicyclic) bond motifs is 1. The van der Waals surface area contributed by atoms with Crippen LogP contribution in [-0.2, 0) is 0 Å². The summed E-state index contributed by atoms with van der Waals surface area (Å²) in [6, 6.07) is 0. The van der Waals surface area contributed by atoms with Crippen LogP contribution in [0, 0.1) is 106 Å². The SMILES string of the molecule is C.C.C.C.C.CC(C)C1CC1(C)C(C)C.CC(C)C1CC1C(C)C.CC(C)C1CC2CC2C1C(C)C.CC(C)C1CCCC1C(C)C. The molecule has 10 atom stereocenters. The van der Waals surface area contributed by atoms with Gasteiger partial charge in [-0.15, -0.1) is 0 Å². The average Bonchev–Trinajstić information content (AvgIpc) is 3.83. The summed E-state index contributed by atoms with van der Waals surface area (Å²) in [4.78, 5) is 0. The first kappa shape index (κ1) is 53.8. The van der Waals surface area contributed by atoms with Crippen LogP contribution in [0.1, 0.15) is 200 Å². The maximum atomic E-state index is 2.43. The van der Waals surface area contributed by atoms with Crippen LogP contribution < -0.4 is 0 Å². The van der Waals surface area contributed by atoms with E-state index in [1.807, 2.05) is 0 Å². The third kappa shape index (κ3) is 15.0. The summed E-state index contributed by atoms with van der Waals surface area (Å²) in [6.07, 6.45) is 10.5. The highest BCUT2D eigenvalue weighted by atomic mass is 14.6. The van der Waals surface area contributed by atoms with Crippen molar-refractivity contribution in [1.82, 2.24) is 0 Å². The maximum Gasteiger partial charge on any atom is -0.0269 e. The lowest BCUT2D eigenvalue weighted by Crippen LogP contribution is -2.22. The Hall–Kier alpha value is 0. The second-order valence-corrected chi connectivity index (χ2v) is 19.1. The first-order valence-corrected chi connectivity index (χ1v) is 19.3. The molecule has 10 unspecified atom stereocenters. The molecule has 47 heavy (non-hydrogen) atoms. The summed E-state index contributed by atoms with van der Waals surface area (Å²) in [5.74, 6) is 16.9. The molecular weight excluding hydrogens is 565 g/mol. The van der Waals surface area contributed by atoms with E-state index in [0.29, 0.717) is 5.41 Å². The molecule has 5 rings (SSSR count). The lowest BCUT2D eigenvalue weighted by molar-refractivity contribution is 0.201. The molecule has 0 nitrogen and oxygen atoms in total. The Labute approximate surface area is 305 Å². The molecule has 0 heterocycles. The van der Waals surface area contributed by atoms with Crippen molar-refractivity contribution in [2.75, 3.05) is 0 Å². The molecule has 0 N–H and O–H groups in total. The van der Waals surface area contributed by atoms with Crippen molar-refractivity contribution < 1.29 is 0 Å². The van der Waals surface area contributed by atoms with Crippen LogP contribution in [0.15, 0.2) is 0 Å². The zero-order valence-corrected chi connectivity index (χ0v) is 32.3. The highest BCUT2D eigenvalue weighted by molar-refractivity contribution is 5.03. The monoisotopic (exact) mass is 667 g/mol. The zero-order chi connectivity index (χ0) is 32.3. The summed E-state index contributed by atoms with van der Waals surface area (Å²) in [5, 5.41) is 0. The molecule has 5 fully saturated rings. The van der Waals surface area contributed by atoms with Crippen LogP contribution in [0.4, 0.5) is 0 Å². The zero-order valence-electron chi connectivity index (χ0n) is 32.3. The van der Waals surface area contributed by atoms with Crippen molar-refractivity contribution in [1.29, 1.82) is 0 Å². The number of hydrogen-bond donors (Lipinski definition) is 0. The minimum Gasteiger partial charge on any atom is -0.0776 e. The Kier molecular flexibility index (Phi) is 26.0. The molecule has 0 aromatic rings. The fraction of sp³-hybridized carbons (Fsp3) is 1.00. The summed E-state index contributed by atoms with van der Waals surface area (Å²) in [6.45, 7) is 40.4. The summed E-state index contributed by atoms with van der Waals surface area (Å²) < 4.78 is 0.